The first kappa shape index (κ1) is 13.0. The summed E-state index contributed by atoms with van der Waals surface area (Å²) in [5.74, 6) is 0.885. The molecule has 1 aliphatic heterocycles. The second kappa shape index (κ2) is 8.12. The maximum Gasteiger partial charge on any atom is 0.0620 e. The largest absolute Gasteiger partial charge is 0.380 e. The molecule has 2 nitrogen and oxygen atoms in total. The number of rotatable bonds is 8. The van der Waals surface area contributed by atoms with Gasteiger partial charge in [-0.3, -0.25) is 0 Å². The molecule has 1 aliphatic rings. The Bertz CT molecular complexity index is 143. The topological polar surface area (TPSA) is 21.3 Å². The molecular weight excluding hydrogens is 186 g/mol. The molecule has 0 aromatic heterocycles. The highest BCUT2D eigenvalue weighted by Crippen LogP contribution is 2.15. The van der Waals surface area contributed by atoms with Gasteiger partial charge in [-0.2, -0.15) is 0 Å². The summed E-state index contributed by atoms with van der Waals surface area (Å²) in [5, 5.41) is 3.65. The minimum Gasteiger partial charge on any atom is -0.380 e. The average Bonchev–Trinajstić information content (AvgIpc) is 2.75. The summed E-state index contributed by atoms with van der Waals surface area (Å²) in [7, 11) is 0. The Hall–Kier alpha value is -0.0800. The van der Waals surface area contributed by atoms with Crippen molar-refractivity contribution >= 4 is 0 Å². The molecule has 2 atom stereocenters. The van der Waals surface area contributed by atoms with Crippen molar-refractivity contribution in [2.45, 2.75) is 58.4 Å². The van der Waals surface area contributed by atoms with E-state index in [0.29, 0.717) is 6.04 Å². The number of unbranched alkanes of at least 4 members (excludes halogenated alkanes) is 1. The van der Waals surface area contributed by atoms with Crippen LogP contribution >= 0.6 is 0 Å². The Morgan fingerprint density at radius 3 is 2.73 bits per heavy atom. The maximum absolute atomic E-state index is 5.37. The molecule has 2 unspecified atom stereocenters. The molecule has 0 saturated carbocycles. The van der Waals surface area contributed by atoms with Crippen LogP contribution in [0.3, 0.4) is 0 Å². The third-order valence-corrected chi connectivity index (χ3v) is 3.29. The van der Waals surface area contributed by atoms with Crippen LogP contribution in [-0.4, -0.2) is 25.8 Å². The molecule has 1 rings (SSSR count). The van der Waals surface area contributed by atoms with E-state index in [1.54, 1.807) is 0 Å². The standard InChI is InChI=1S/C13H27NO/c1-3-5-7-12(6-4-2)10-14-13-8-9-15-11-13/h12-14H,3-11H2,1-2H3. The van der Waals surface area contributed by atoms with Crippen molar-refractivity contribution in [2.24, 2.45) is 5.92 Å². The fourth-order valence-electron chi connectivity index (χ4n) is 2.28. The second-order valence-corrected chi connectivity index (χ2v) is 4.77. The number of ether oxygens (including phenoxy) is 1. The molecular formula is C13H27NO. The lowest BCUT2D eigenvalue weighted by Crippen LogP contribution is -2.33. The molecule has 90 valence electrons. The zero-order valence-electron chi connectivity index (χ0n) is 10.4. The molecule has 0 aromatic carbocycles. The molecule has 15 heavy (non-hydrogen) atoms. The number of nitrogens with one attached hydrogen (secondary N) is 1. The molecule has 1 fully saturated rings. The van der Waals surface area contributed by atoms with Crippen molar-refractivity contribution in [1.29, 1.82) is 0 Å². The molecule has 0 amide bonds. The van der Waals surface area contributed by atoms with Crippen LogP contribution in [0.5, 0.6) is 0 Å². The van der Waals surface area contributed by atoms with E-state index in [-0.39, 0.29) is 0 Å². The van der Waals surface area contributed by atoms with E-state index in [1.807, 2.05) is 0 Å². The SMILES string of the molecule is CCCCC(CCC)CNC1CCOC1. The lowest BCUT2D eigenvalue weighted by atomic mass is 9.97. The lowest BCUT2D eigenvalue weighted by molar-refractivity contribution is 0.188. The van der Waals surface area contributed by atoms with Crippen LogP contribution in [0.15, 0.2) is 0 Å². The molecule has 0 bridgehead atoms. The zero-order valence-corrected chi connectivity index (χ0v) is 10.4. The van der Waals surface area contributed by atoms with E-state index in [4.69, 9.17) is 4.74 Å². The van der Waals surface area contributed by atoms with Gasteiger partial charge in [0.1, 0.15) is 0 Å². The van der Waals surface area contributed by atoms with E-state index < -0.39 is 0 Å². The van der Waals surface area contributed by atoms with Crippen LogP contribution in [0.1, 0.15) is 52.4 Å². The van der Waals surface area contributed by atoms with Gasteiger partial charge in [0.25, 0.3) is 0 Å². The Kier molecular flexibility index (Phi) is 7.03. The first-order valence-electron chi connectivity index (χ1n) is 6.68. The van der Waals surface area contributed by atoms with E-state index in [9.17, 15) is 0 Å². The summed E-state index contributed by atoms with van der Waals surface area (Å²) >= 11 is 0. The molecule has 2 heteroatoms. The van der Waals surface area contributed by atoms with Crippen molar-refractivity contribution in [1.82, 2.24) is 5.32 Å². The lowest BCUT2D eigenvalue weighted by Gasteiger charge is -2.19. The monoisotopic (exact) mass is 213 g/mol. The van der Waals surface area contributed by atoms with Crippen LogP contribution in [-0.2, 0) is 4.74 Å². The van der Waals surface area contributed by atoms with Crippen LogP contribution in [0.4, 0.5) is 0 Å². The first-order chi connectivity index (χ1) is 7.36. The van der Waals surface area contributed by atoms with Gasteiger partial charge in [0.05, 0.1) is 6.61 Å². The first-order valence-corrected chi connectivity index (χ1v) is 6.68. The van der Waals surface area contributed by atoms with Crippen molar-refractivity contribution < 1.29 is 4.74 Å². The highest BCUT2D eigenvalue weighted by atomic mass is 16.5. The Morgan fingerprint density at radius 2 is 2.13 bits per heavy atom. The fraction of sp³-hybridized carbons (Fsp3) is 1.00. The van der Waals surface area contributed by atoms with Gasteiger partial charge >= 0.3 is 0 Å². The van der Waals surface area contributed by atoms with Crippen molar-refractivity contribution in [3.63, 3.8) is 0 Å². The number of hydrogen-bond donors (Lipinski definition) is 1. The van der Waals surface area contributed by atoms with Gasteiger partial charge in [-0.05, 0) is 31.7 Å². The third kappa shape index (κ3) is 5.53. The highest BCUT2D eigenvalue weighted by Gasteiger charge is 2.16. The predicted octanol–water partition coefficient (Wildman–Crippen LogP) is 2.97. The van der Waals surface area contributed by atoms with Gasteiger partial charge in [0, 0.05) is 12.6 Å². The van der Waals surface area contributed by atoms with E-state index in [1.165, 1.54) is 45.1 Å². The second-order valence-electron chi connectivity index (χ2n) is 4.77. The molecule has 0 radical (unpaired) electrons. The van der Waals surface area contributed by atoms with Crippen LogP contribution in [0, 0.1) is 5.92 Å². The van der Waals surface area contributed by atoms with Crippen molar-refractivity contribution in [2.75, 3.05) is 19.8 Å². The van der Waals surface area contributed by atoms with Crippen LogP contribution < -0.4 is 5.32 Å². The summed E-state index contributed by atoms with van der Waals surface area (Å²) in [6.07, 6.45) is 8.00. The fourth-order valence-corrected chi connectivity index (χ4v) is 2.28. The number of hydrogen-bond acceptors (Lipinski definition) is 2. The Labute approximate surface area is 94.8 Å². The van der Waals surface area contributed by atoms with Gasteiger partial charge in [0.15, 0.2) is 0 Å². The van der Waals surface area contributed by atoms with E-state index in [0.717, 1.165) is 19.1 Å². The summed E-state index contributed by atoms with van der Waals surface area (Å²) < 4.78 is 5.37. The zero-order chi connectivity index (χ0) is 10.9. The molecule has 1 heterocycles. The Balaban J connectivity index is 2.11. The molecule has 1 N–H and O–H groups in total. The molecule has 0 aliphatic carbocycles. The molecule has 1 saturated heterocycles. The molecule has 0 spiro atoms. The van der Waals surface area contributed by atoms with Crippen molar-refractivity contribution in [3.05, 3.63) is 0 Å². The van der Waals surface area contributed by atoms with E-state index in [2.05, 4.69) is 19.2 Å². The van der Waals surface area contributed by atoms with Crippen LogP contribution in [0.2, 0.25) is 0 Å². The highest BCUT2D eigenvalue weighted by molar-refractivity contribution is 4.73. The maximum atomic E-state index is 5.37. The van der Waals surface area contributed by atoms with Gasteiger partial charge < -0.3 is 10.1 Å². The van der Waals surface area contributed by atoms with Gasteiger partial charge in [-0.25, -0.2) is 0 Å². The van der Waals surface area contributed by atoms with Gasteiger partial charge in [0.2, 0.25) is 0 Å². The summed E-state index contributed by atoms with van der Waals surface area (Å²) in [5.41, 5.74) is 0. The third-order valence-electron chi connectivity index (χ3n) is 3.29. The smallest absolute Gasteiger partial charge is 0.0620 e. The summed E-state index contributed by atoms with van der Waals surface area (Å²) in [6, 6.07) is 0.631. The minimum atomic E-state index is 0.631. The van der Waals surface area contributed by atoms with Gasteiger partial charge in [-0.1, -0.05) is 33.1 Å². The van der Waals surface area contributed by atoms with Crippen LogP contribution in [0.25, 0.3) is 0 Å². The summed E-state index contributed by atoms with van der Waals surface area (Å²) in [6.45, 7) is 7.64. The predicted molar refractivity (Wildman–Crippen MR) is 65.1 cm³/mol. The van der Waals surface area contributed by atoms with Crippen molar-refractivity contribution in [3.8, 4) is 0 Å². The quantitative estimate of drug-likeness (QED) is 0.669. The Morgan fingerprint density at radius 1 is 1.27 bits per heavy atom. The van der Waals surface area contributed by atoms with E-state index >= 15 is 0 Å². The minimum absolute atomic E-state index is 0.631. The normalized spacial score (nSPS) is 23.2. The summed E-state index contributed by atoms with van der Waals surface area (Å²) in [4.78, 5) is 0. The van der Waals surface area contributed by atoms with Gasteiger partial charge in [-0.15, -0.1) is 0 Å². The average molecular weight is 213 g/mol. The molecule has 0 aromatic rings.